The number of aryl methyl sites for hydroxylation is 1. The molecule has 1 N–H and O–H groups in total. The van der Waals surface area contributed by atoms with Crippen LogP contribution in [0.1, 0.15) is 55.2 Å². The minimum absolute atomic E-state index is 0.218. The van der Waals surface area contributed by atoms with Gasteiger partial charge in [0.15, 0.2) is 5.82 Å². The van der Waals surface area contributed by atoms with E-state index >= 15 is 0 Å². The Labute approximate surface area is 117 Å². The number of hydrogen-bond acceptors (Lipinski definition) is 5. The second-order valence-corrected chi connectivity index (χ2v) is 4.89. The van der Waals surface area contributed by atoms with Gasteiger partial charge in [0, 0.05) is 12.6 Å². The summed E-state index contributed by atoms with van der Waals surface area (Å²) in [5.74, 6) is 0.877. The van der Waals surface area contributed by atoms with E-state index in [1.165, 1.54) is 0 Å². The van der Waals surface area contributed by atoms with E-state index < -0.39 is 0 Å². The summed E-state index contributed by atoms with van der Waals surface area (Å²) in [5, 5.41) is 14.4. The van der Waals surface area contributed by atoms with Gasteiger partial charge in [-0.3, -0.25) is 4.79 Å². The maximum Gasteiger partial charge on any atom is 0.290 e. The van der Waals surface area contributed by atoms with E-state index in [4.69, 9.17) is 4.52 Å². The highest BCUT2D eigenvalue weighted by Gasteiger charge is 2.15. The molecule has 0 bridgehead atoms. The van der Waals surface area contributed by atoms with Gasteiger partial charge in [0.25, 0.3) is 5.91 Å². The summed E-state index contributed by atoms with van der Waals surface area (Å²) < 4.78 is 6.95. The van der Waals surface area contributed by atoms with E-state index in [2.05, 4.69) is 27.6 Å². The van der Waals surface area contributed by atoms with E-state index in [1.54, 1.807) is 12.4 Å². The fourth-order valence-electron chi connectivity index (χ4n) is 1.76. The quantitative estimate of drug-likeness (QED) is 0.869. The molecule has 2 heterocycles. The van der Waals surface area contributed by atoms with Gasteiger partial charge in [-0.05, 0) is 12.3 Å². The zero-order chi connectivity index (χ0) is 14.5. The standard InChI is InChI=1S/C13H19N5O2/c1-4-5-18-8-15-16-12(18)7-14-13(19)11-6-10(9(2)3)17-20-11/h6,8-9H,4-5,7H2,1-3H3,(H,14,19). The van der Waals surface area contributed by atoms with E-state index in [1.807, 2.05) is 18.4 Å². The third-order valence-corrected chi connectivity index (χ3v) is 2.91. The van der Waals surface area contributed by atoms with Crippen molar-refractivity contribution in [3.8, 4) is 0 Å². The fourth-order valence-corrected chi connectivity index (χ4v) is 1.76. The van der Waals surface area contributed by atoms with Crippen LogP contribution in [-0.2, 0) is 13.1 Å². The van der Waals surface area contributed by atoms with Crippen molar-refractivity contribution < 1.29 is 9.32 Å². The zero-order valence-electron chi connectivity index (χ0n) is 12.0. The lowest BCUT2D eigenvalue weighted by molar-refractivity contribution is 0.0912. The maximum atomic E-state index is 11.9. The van der Waals surface area contributed by atoms with E-state index in [9.17, 15) is 4.79 Å². The Kier molecular flexibility index (Phi) is 4.49. The van der Waals surface area contributed by atoms with Crippen molar-refractivity contribution in [1.82, 2.24) is 25.2 Å². The van der Waals surface area contributed by atoms with Gasteiger partial charge < -0.3 is 14.4 Å². The first kappa shape index (κ1) is 14.2. The predicted octanol–water partition coefficient (Wildman–Crippen LogP) is 1.73. The third kappa shape index (κ3) is 3.23. The summed E-state index contributed by atoms with van der Waals surface area (Å²) in [6.07, 6.45) is 2.65. The minimum Gasteiger partial charge on any atom is -0.351 e. The van der Waals surface area contributed by atoms with Crippen molar-refractivity contribution in [2.24, 2.45) is 0 Å². The number of rotatable bonds is 6. The monoisotopic (exact) mass is 277 g/mol. The molecule has 7 heteroatoms. The Morgan fingerprint density at radius 2 is 2.30 bits per heavy atom. The molecule has 0 aliphatic heterocycles. The highest BCUT2D eigenvalue weighted by molar-refractivity contribution is 5.91. The SMILES string of the molecule is CCCn1cnnc1CNC(=O)c1cc(C(C)C)no1. The number of nitrogens with zero attached hydrogens (tertiary/aromatic N) is 4. The molecule has 0 saturated carbocycles. The van der Waals surface area contributed by atoms with E-state index in [0.717, 1.165) is 24.5 Å². The van der Waals surface area contributed by atoms with Gasteiger partial charge >= 0.3 is 0 Å². The normalized spacial score (nSPS) is 11.0. The summed E-state index contributed by atoms with van der Waals surface area (Å²) in [6.45, 7) is 7.21. The maximum absolute atomic E-state index is 11.9. The summed E-state index contributed by atoms with van der Waals surface area (Å²) in [5.41, 5.74) is 0.768. The van der Waals surface area contributed by atoms with E-state index in [0.29, 0.717) is 6.54 Å². The van der Waals surface area contributed by atoms with Crippen molar-refractivity contribution in [2.45, 2.75) is 46.2 Å². The van der Waals surface area contributed by atoms with Crippen molar-refractivity contribution in [3.05, 3.63) is 29.7 Å². The number of aromatic nitrogens is 4. The molecule has 1 amide bonds. The highest BCUT2D eigenvalue weighted by Crippen LogP contribution is 2.13. The average Bonchev–Trinajstić information content (AvgIpc) is 3.05. The Balaban J connectivity index is 1.95. The molecule has 7 nitrogen and oxygen atoms in total. The van der Waals surface area contributed by atoms with Gasteiger partial charge in [-0.1, -0.05) is 25.9 Å². The summed E-state index contributed by atoms with van der Waals surface area (Å²) in [4.78, 5) is 11.9. The lowest BCUT2D eigenvalue weighted by Gasteiger charge is -2.05. The van der Waals surface area contributed by atoms with Gasteiger partial charge in [-0.25, -0.2) is 0 Å². The number of carbonyl (C=O) groups is 1. The smallest absolute Gasteiger partial charge is 0.290 e. The highest BCUT2D eigenvalue weighted by atomic mass is 16.5. The molecule has 0 radical (unpaired) electrons. The molecule has 20 heavy (non-hydrogen) atoms. The molecule has 0 saturated heterocycles. The largest absolute Gasteiger partial charge is 0.351 e. The number of carbonyl (C=O) groups excluding carboxylic acids is 1. The van der Waals surface area contributed by atoms with Gasteiger partial charge in [0.1, 0.15) is 6.33 Å². The Morgan fingerprint density at radius 1 is 1.50 bits per heavy atom. The predicted molar refractivity (Wildman–Crippen MR) is 72.1 cm³/mol. The first-order chi connectivity index (χ1) is 9.61. The molecule has 2 aromatic rings. The fraction of sp³-hybridized carbons (Fsp3) is 0.538. The molecule has 0 atom stereocenters. The van der Waals surface area contributed by atoms with Crippen LogP contribution in [0.3, 0.4) is 0 Å². The van der Waals surface area contributed by atoms with Crippen LogP contribution in [0.4, 0.5) is 0 Å². The topological polar surface area (TPSA) is 85.8 Å². The summed E-state index contributed by atoms with van der Waals surface area (Å²) >= 11 is 0. The van der Waals surface area contributed by atoms with Gasteiger partial charge in [-0.15, -0.1) is 10.2 Å². The number of hydrogen-bond donors (Lipinski definition) is 1. The van der Waals surface area contributed by atoms with Crippen LogP contribution in [0.25, 0.3) is 0 Å². The summed E-state index contributed by atoms with van der Waals surface area (Å²) in [7, 11) is 0. The molecule has 0 unspecified atom stereocenters. The second kappa shape index (κ2) is 6.31. The van der Waals surface area contributed by atoms with Gasteiger partial charge in [0.05, 0.1) is 12.2 Å². The first-order valence-electron chi connectivity index (χ1n) is 6.73. The molecule has 108 valence electrons. The zero-order valence-corrected chi connectivity index (χ0v) is 12.0. The third-order valence-electron chi connectivity index (χ3n) is 2.91. The number of amides is 1. The molecule has 2 aromatic heterocycles. The first-order valence-corrected chi connectivity index (χ1v) is 6.73. The van der Waals surface area contributed by atoms with Crippen LogP contribution >= 0.6 is 0 Å². The average molecular weight is 277 g/mol. The molecule has 0 aromatic carbocycles. The Bertz CT molecular complexity index is 573. The summed E-state index contributed by atoms with van der Waals surface area (Å²) in [6, 6.07) is 1.66. The molecule has 0 fully saturated rings. The van der Waals surface area contributed by atoms with Crippen LogP contribution in [-0.4, -0.2) is 25.8 Å². The lowest BCUT2D eigenvalue weighted by atomic mass is 10.1. The van der Waals surface area contributed by atoms with Crippen LogP contribution < -0.4 is 5.32 Å². The molecule has 0 spiro atoms. The van der Waals surface area contributed by atoms with Crippen LogP contribution in [0.15, 0.2) is 16.9 Å². The molecular formula is C13H19N5O2. The van der Waals surface area contributed by atoms with Crippen LogP contribution in [0.2, 0.25) is 0 Å². The minimum atomic E-state index is -0.296. The van der Waals surface area contributed by atoms with Gasteiger partial charge in [-0.2, -0.15) is 0 Å². The Morgan fingerprint density at radius 3 is 2.95 bits per heavy atom. The van der Waals surface area contributed by atoms with Crippen LogP contribution in [0, 0.1) is 0 Å². The Hall–Kier alpha value is -2.18. The number of nitrogens with one attached hydrogen (secondary N) is 1. The van der Waals surface area contributed by atoms with Crippen molar-refractivity contribution >= 4 is 5.91 Å². The molecule has 2 rings (SSSR count). The van der Waals surface area contributed by atoms with Gasteiger partial charge in [0.2, 0.25) is 5.76 Å². The van der Waals surface area contributed by atoms with Crippen LogP contribution in [0.5, 0.6) is 0 Å². The van der Waals surface area contributed by atoms with Crippen molar-refractivity contribution in [3.63, 3.8) is 0 Å². The van der Waals surface area contributed by atoms with E-state index in [-0.39, 0.29) is 17.6 Å². The molecule has 0 aliphatic rings. The molecular weight excluding hydrogens is 258 g/mol. The molecule has 0 aliphatic carbocycles. The second-order valence-electron chi connectivity index (χ2n) is 4.89. The van der Waals surface area contributed by atoms with Crippen molar-refractivity contribution in [2.75, 3.05) is 0 Å². The van der Waals surface area contributed by atoms with Crippen molar-refractivity contribution in [1.29, 1.82) is 0 Å². The lowest BCUT2D eigenvalue weighted by Crippen LogP contribution is -2.24.